The number of rotatable bonds is 2. The van der Waals surface area contributed by atoms with Crippen LogP contribution < -0.4 is 5.32 Å². The van der Waals surface area contributed by atoms with E-state index in [1.807, 2.05) is 29.3 Å². The molecule has 0 bridgehead atoms. The van der Waals surface area contributed by atoms with Crippen LogP contribution in [0.25, 0.3) is 5.65 Å². The van der Waals surface area contributed by atoms with Gasteiger partial charge in [-0.15, -0.1) is 10.2 Å². The summed E-state index contributed by atoms with van der Waals surface area (Å²) in [6, 6.07) is 6.46. The number of aromatic nitrogens is 3. The van der Waals surface area contributed by atoms with Gasteiger partial charge in [-0.1, -0.05) is 6.07 Å². The number of carbonyl (C=O) groups excluding carboxylic acids is 1. The Kier molecular flexibility index (Phi) is 3.02. The highest BCUT2D eigenvalue weighted by atomic mass is 16.2. The predicted molar refractivity (Wildman–Crippen MR) is 78.1 cm³/mol. The number of carbonyl (C=O) groups is 1. The Hall–Kier alpha value is -2.11. The fourth-order valence-corrected chi connectivity index (χ4v) is 2.97. The topological polar surface area (TPSA) is 62.5 Å². The standard InChI is InChI=1S/C15H19N5O/c21-15(16-12-4-5-12)19-9-6-11(7-10-19)14-18-17-13-3-1-2-8-20(13)14/h1-3,8,11-12H,4-7,9-10H2,(H,16,21). The number of nitrogens with zero attached hydrogens (tertiary/aromatic N) is 4. The number of pyridine rings is 1. The summed E-state index contributed by atoms with van der Waals surface area (Å²) < 4.78 is 2.06. The Morgan fingerprint density at radius 1 is 1.14 bits per heavy atom. The van der Waals surface area contributed by atoms with Crippen LogP contribution in [0.2, 0.25) is 0 Å². The van der Waals surface area contributed by atoms with Gasteiger partial charge in [0.25, 0.3) is 0 Å². The van der Waals surface area contributed by atoms with Gasteiger partial charge in [0.1, 0.15) is 5.82 Å². The summed E-state index contributed by atoms with van der Waals surface area (Å²) in [6.45, 7) is 1.59. The highest BCUT2D eigenvalue weighted by Gasteiger charge is 2.30. The van der Waals surface area contributed by atoms with Crippen molar-refractivity contribution in [1.29, 1.82) is 0 Å². The van der Waals surface area contributed by atoms with Gasteiger partial charge in [0.2, 0.25) is 0 Å². The molecule has 2 amide bonds. The van der Waals surface area contributed by atoms with E-state index in [1.165, 1.54) is 0 Å². The van der Waals surface area contributed by atoms with E-state index in [0.717, 1.165) is 50.2 Å². The first-order chi connectivity index (χ1) is 10.3. The number of hydrogen-bond acceptors (Lipinski definition) is 3. The second-order valence-electron chi connectivity index (χ2n) is 5.97. The number of amides is 2. The normalized spacial score (nSPS) is 19.9. The summed E-state index contributed by atoms with van der Waals surface area (Å²) in [5.41, 5.74) is 0.890. The highest BCUT2D eigenvalue weighted by molar-refractivity contribution is 5.75. The second-order valence-corrected chi connectivity index (χ2v) is 5.97. The van der Waals surface area contributed by atoms with Crippen molar-refractivity contribution >= 4 is 11.7 Å². The van der Waals surface area contributed by atoms with Gasteiger partial charge in [-0.25, -0.2) is 4.79 Å². The molecule has 0 atom stereocenters. The van der Waals surface area contributed by atoms with E-state index in [4.69, 9.17) is 0 Å². The molecule has 1 aliphatic heterocycles. The molecule has 0 spiro atoms. The van der Waals surface area contributed by atoms with Crippen LogP contribution in [0.5, 0.6) is 0 Å². The summed E-state index contributed by atoms with van der Waals surface area (Å²) in [7, 11) is 0. The summed E-state index contributed by atoms with van der Waals surface area (Å²) in [6.07, 6.45) is 6.18. The van der Waals surface area contributed by atoms with Gasteiger partial charge < -0.3 is 10.2 Å². The molecular weight excluding hydrogens is 266 g/mol. The van der Waals surface area contributed by atoms with Gasteiger partial charge in [0.05, 0.1) is 0 Å². The average Bonchev–Trinajstić information content (AvgIpc) is 3.23. The number of hydrogen-bond donors (Lipinski definition) is 1. The predicted octanol–water partition coefficient (Wildman–Crippen LogP) is 1.78. The van der Waals surface area contributed by atoms with Gasteiger partial charge >= 0.3 is 6.03 Å². The lowest BCUT2D eigenvalue weighted by atomic mass is 9.96. The maximum Gasteiger partial charge on any atom is 0.317 e. The van der Waals surface area contributed by atoms with Crippen LogP contribution in [0.15, 0.2) is 24.4 Å². The van der Waals surface area contributed by atoms with Crippen molar-refractivity contribution in [3.8, 4) is 0 Å². The van der Waals surface area contributed by atoms with E-state index in [9.17, 15) is 4.79 Å². The Morgan fingerprint density at radius 2 is 1.95 bits per heavy atom. The summed E-state index contributed by atoms with van der Waals surface area (Å²) >= 11 is 0. The van der Waals surface area contributed by atoms with Crippen molar-refractivity contribution in [3.63, 3.8) is 0 Å². The molecule has 1 aliphatic carbocycles. The third-order valence-electron chi connectivity index (χ3n) is 4.39. The lowest BCUT2D eigenvalue weighted by Crippen LogP contribution is -2.45. The van der Waals surface area contributed by atoms with Crippen molar-refractivity contribution < 1.29 is 4.79 Å². The largest absolute Gasteiger partial charge is 0.335 e. The molecule has 0 aromatic carbocycles. The zero-order valence-corrected chi connectivity index (χ0v) is 11.9. The fourth-order valence-electron chi connectivity index (χ4n) is 2.97. The Labute approximate surface area is 123 Å². The Morgan fingerprint density at radius 3 is 2.71 bits per heavy atom. The van der Waals surface area contributed by atoms with E-state index in [-0.39, 0.29) is 6.03 Å². The minimum absolute atomic E-state index is 0.0991. The molecular formula is C15H19N5O. The van der Waals surface area contributed by atoms with Gasteiger partial charge in [-0.2, -0.15) is 0 Å². The highest BCUT2D eigenvalue weighted by Crippen LogP contribution is 2.27. The number of piperidine rings is 1. The second kappa shape index (κ2) is 5.02. The Bertz CT molecular complexity index is 655. The molecule has 1 saturated carbocycles. The molecule has 6 nitrogen and oxygen atoms in total. The maximum absolute atomic E-state index is 12.0. The molecule has 1 N–H and O–H groups in total. The lowest BCUT2D eigenvalue weighted by molar-refractivity contribution is 0.180. The van der Waals surface area contributed by atoms with Crippen molar-refractivity contribution in [1.82, 2.24) is 24.8 Å². The summed E-state index contributed by atoms with van der Waals surface area (Å²) in [5.74, 6) is 1.40. The van der Waals surface area contributed by atoms with Gasteiger partial charge in [-0.05, 0) is 37.8 Å². The van der Waals surface area contributed by atoms with Crippen LogP contribution in [-0.2, 0) is 0 Å². The molecule has 2 fully saturated rings. The molecule has 0 unspecified atom stereocenters. The monoisotopic (exact) mass is 285 g/mol. The molecule has 2 aliphatic rings. The SMILES string of the molecule is O=C(NC1CC1)N1CCC(c2nnc3ccccn23)CC1. The van der Waals surface area contributed by atoms with E-state index < -0.39 is 0 Å². The smallest absolute Gasteiger partial charge is 0.317 e. The number of fused-ring (bicyclic) bond motifs is 1. The summed E-state index contributed by atoms with van der Waals surface area (Å²) in [4.78, 5) is 14.0. The van der Waals surface area contributed by atoms with Crippen LogP contribution >= 0.6 is 0 Å². The molecule has 3 heterocycles. The Balaban J connectivity index is 1.43. The van der Waals surface area contributed by atoms with Crippen molar-refractivity contribution in [2.45, 2.75) is 37.6 Å². The molecule has 2 aromatic rings. The van der Waals surface area contributed by atoms with E-state index in [2.05, 4.69) is 19.9 Å². The van der Waals surface area contributed by atoms with Crippen molar-refractivity contribution in [2.75, 3.05) is 13.1 Å². The molecule has 0 radical (unpaired) electrons. The molecule has 4 rings (SSSR count). The first-order valence-corrected chi connectivity index (χ1v) is 7.66. The minimum atomic E-state index is 0.0991. The van der Waals surface area contributed by atoms with Crippen LogP contribution in [0.3, 0.4) is 0 Å². The van der Waals surface area contributed by atoms with Crippen LogP contribution in [0.4, 0.5) is 4.79 Å². The van der Waals surface area contributed by atoms with E-state index in [0.29, 0.717) is 12.0 Å². The molecule has 6 heteroatoms. The van der Waals surface area contributed by atoms with Crippen molar-refractivity contribution in [2.24, 2.45) is 0 Å². The summed E-state index contributed by atoms with van der Waals surface area (Å²) in [5, 5.41) is 11.6. The minimum Gasteiger partial charge on any atom is -0.335 e. The van der Waals surface area contributed by atoms with Crippen molar-refractivity contribution in [3.05, 3.63) is 30.2 Å². The first-order valence-electron chi connectivity index (χ1n) is 7.66. The third kappa shape index (κ3) is 2.46. The molecule has 110 valence electrons. The molecule has 2 aromatic heterocycles. The van der Waals surface area contributed by atoms with Crippen LogP contribution in [0, 0.1) is 0 Å². The fraction of sp³-hybridized carbons (Fsp3) is 0.533. The lowest BCUT2D eigenvalue weighted by Gasteiger charge is -2.31. The molecule has 1 saturated heterocycles. The molecule has 21 heavy (non-hydrogen) atoms. The maximum atomic E-state index is 12.0. The quantitative estimate of drug-likeness (QED) is 0.915. The van der Waals surface area contributed by atoms with Crippen LogP contribution in [0.1, 0.15) is 37.4 Å². The van der Waals surface area contributed by atoms with Crippen LogP contribution in [-0.4, -0.2) is 44.7 Å². The zero-order chi connectivity index (χ0) is 14.2. The number of nitrogens with one attached hydrogen (secondary N) is 1. The third-order valence-corrected chi connectivity index (χ3v) is 4.39. The zero-order valence-electron chi connectivity index (χ0n) is 11.9. The number of urea groups is 1. The van der Waals surface area contributed by atoms with Gasteiger partial charge in [0, 0.05) is 31.2 Å². The van der Waals surface area contributed by atoms with Gasteiger partial charge in [-0.3, -0.25) is 4.40 Å². The number of likely N-dealkylation sites (tertiary alicyclic amines) is 1. The average molecular weight is 285 g/mol. The van der Waals surface area contributed by atoms with E-state index >= 15 is 0 Å². The van der Waals surface area contributed by atoms with Gasteiger partial charge in [0.15, 0.2) is 5.65 Å². The van der Waals surface area contributed by atoms with E-state index in [1.54, 1.807) is 0 Å². The first kappa shape index (κ1) is 12.6.